The van der Waals surface area contributed by atoms with E-state index in [1.807, 2.05) is 50.1 Å². The lowest BCUT2D eigenvalue weighted by Crippen LogP contribution is -2.37. The van der Waals surface area contributed by atoms with Gasteiger partial charge in [0, 0.05) is 35.4 Å². The summed E-state index contributed by atoms with van der Waals surface area (Å²) in [5.41, 5.74) is 16.9. The normalized spacial score (nSPS) is 24.1. The van der Waals surface area contributed by atoms with Crippen LogP contribution in [0.2, 0.25) is 0 Å². The average molecular weight is 810 g/mol. The Morgan fingerprint density at radius 2 is 1.44 bits per heavy atom. The van der Waals surface area contributed by atoms with Crippen LogP contribution in [0.25, 0.3) is 0 Å². The van der Waals surface area contributed by atoms with Crippen LogP contribution in [0, 0.1) is 9.49 Å². The summed E-state index contributed by atoms with van der Waals surface area (Å²) >= 11 is 2.18. The summed E-state index contributed by atoms with van der Waals surface area (Å²) in [7, 11) is 9.80. The summed E-state index contributed by atoms with van der Waals surface area (Å²) in [4.78, 5) is 46.8. The van der Waals surface area contributed by atoms with E-state index in [4.69, 9.17) is 17.2 Å². The number of halogens is 1. The monoisotopic (exact) mass is 809 g/mol. The predicted molar refractivity (Wildman–Crippen MR) is 210 cm³/mol. The number of rotatable bonds is 5. The minimum absolute atomic E-state index is 0.0139. The van der Waals surface area contributed by atoms with Gasteiger partial charge in [-0.1, -0.05) is 26.2 Å². The minimum atomic E-state index is -0.236. The molecular weight excluding hydrogens is 749 g/mol. The Morgan fingerprint density at radius 1 is 0.840 bits per heavy atom. The third-order valence-electron chi connectivity index (χ3n) is 9.17. The van der Waals surface area contributed by atoms with Gasteiger partial charge in [0.05, 0.1) is 30.0 Å². The molecule has 3 unspecified atom stereocenters. The third kappa shape index (κ3) is 14.6. The number of amides is 3. The molecule has 4 fully saturated rings. The van der Waals surface area contributed by atoms with Crippen molar-refractivity contribution < 1.29 is 14.4 Å². The maximum Gasteiger partial charge on any atom is 0.244 e. The Hall–Kier alpha value is -3.12. The van der Waals surface area contributed by atoms with Gasteiger partial charge in [0.2, 0.25) is 17.7 Å². The SMILES string of the molecule is CC[C@@H]1CCCC[C@H]1NC.CN(C)C1CCN(c2ccc(N)nc2)C1=O.CN(C)C1CCNC1=O.NC1CCNC1=O.Nc1ccc(I)cn1. The van der Waals surface area contributed by atoms with E-state index in [1.54, 1.807) is 29.4 Å². The van der Waals surface area contributed by atoms with Crippen molar-refractivity contribution in [2.45, 2.75) is 82.5 Å². The van der Waals surface area contributed by atoms with Crippen molar-refractivity contribution >= 4 is 57.6 Å². The van der Waals surface area contributed by atoms with Crippen molar-refractivity contribution in [2.75, 3.05) is 71.2 Å². The van der Waals surface area contributed by atoms with E-state index in [1.165, 1.54) is 32.1 Å². The van der Waals surface area contributed by atoms with Crippen molar-refractivity contribution in [3.05, 3.63) is 40.2 Å². The first-order chi connectivity index (χ1) is 23.8. The number of nitrogen functional groups attached to an aromatic ring is 2. The molecule has 6 rings (SSSR count). The van der Waals surface area contributed by atoms with Crippen molar-refractivity contribution in [1.82, 2.24) is 35.7 Å². The van der Waals surface area contributed by atoms with Crippen molar-refractivity contribution in [1.29, 1.82) is 0 Å². The van der Waals surface area contributed by atoms with Crippen LogP contribution in [0.4, 0.5) is 17.3 Å². The first kappa shape index (κ1) is 43.0. The summed E-state index contributed by atoms with van der Waals surface area (Å²) in [5.74, 6) is 2.29. The van der Waals surface area contributed by atoms with E-state index in [0.717, 1.165) is 60.1 Å². The number of hydrogen-bond acceptors (Lipinski definition) is 11. The molecule has 0 aromatic carbocycles. The second-order valence-electron chi connectivity index (χ2n) is 13.2. The largest absolute Gasteiger partial charge is 0.384 e. The zero-order chi connectivity index (χ0) is 37.2. The number of hydrogen-bond donors (Lipinski definition) is 6. The van der Waals surface area contributed by atoms with E-state index in [9.17, 15) is 14.4 Å². The highest BCUT2D eigenvalue weighted by atomic mass is 127. The molecule has 1 saturated carbocycles. The maximum absolute atomic E-state index is 12.1. The van der Waals surface area contributed by atoms with Gasteiger partial charge in [-0.2, -0.15) is 0 Å². The fraction of sp³-hybridized carbons (Fsp3) is 0.629. The second-order valence-corrected chi connectivity index (χ2v) is 14.4. The van der Waals surface area contributed by atoms with E-state index >= 15 is 0 Å². The van der Waals surface area contributed by atoms with Crippen LogP contribution in [-0.2, 0) is 14.4 Å². The molecule has 2 aromatic rings. The molecule has 4 aliphatic rings. The summed E-state index contributed by atoms with van der Waals surface area (Å²) < 4.78 is 1.11. The van der Waals surface area contributed by atoms with Gasteiger partial charge in [-0.15, -0.1) is 0 Å². The summed E-state index contributed by atoms with van der Waals surface area (Å²) in [5, 5.41) is 8.78. The number of nitrogens with zero attached hydrogens (tertiary/aromatic N) is 5. The molecule has 9 N–H and O–H groups in total. The van der Waals surface area contributed by atoms with Gasteiger partial charge in [0.15, 0.2) is 0 Å². The molecule has 3 amide bonds. The Labute approximate surface area is 312 Å². The lowest BCUT2D eigenvalue weighted by Gasteiger charge is -2.30. The van der Waals surface area contributed by atoms with Gasteiger partial charge in [-0.05, 0) is 120 Å². The number of nitrogens with two attached hydrogens (primary N) is 3. The Kier molecular flexibility index (Phi) is 19.5. The molecule has 2 aromatic heterocycles. The smallest absolute Gasteiger partial charge is 0.244 e. The van der Waals surface area contributed by atoms with Crippen LogP contribution in [0.3, 0.4) is 0 Å². The van der Waals surface area contributed by atoms with Crippen molar-refractivity contribution in [2.24, 2.45) is 11.7 Å². The average Bonchev–Trinajstić information content (AvgIpc) is 3.83. The third-order valence-corrected chi connectivity index (χ3v) is 9.81. The Morgan fingerprint density at radius 3 is 1.80 bits per heavy atom. The van der Waals surface area contributed by atoms with Gasteiger partial charge in [0.1, 0.15) is 11.6 Å². The van der Waals surface area contributed by atoms with Crippen molar-refractivity contribution in [3.8, 4) is 0 Å². The molecule has 0 spiro atoms. The van der Waals surface area contributed by atoms with Gasteiger partial charge in [0.25, 0.3) is 0 Å². The first-order valence-corrected chi connectivity index (χ1v) is 18.6. The molecule has 5 atom stereocenters. The zero-order valence-corrected chi connectivity index (χ0v) is 32.9. The lowest BCUT2D eigenvalue weighted by molar-refractivity contribution is -0.123. The van der Waals surface area contributed by atoms with E-state index in [2.05, 4.69) is 62.5 Å². The van der Waals surface area contributed by atoms with E-state index in [0.29, 0.717) is 11.6 Å². The number of nitrogens with one attached hydrogen (secondary N) is 3. The van der Waals surface area contributed by atoms with Crippen LogP contribution in [0.15, 0.2) is 36.7 Å². The molecule has 5 heterocycles. The lowest BCUT2D eigenvalue weighted by atomic mass is 9.83. The number of anilines is 3. The molecular formula is C35H60IN11O3. The number of pyridine rings is 2. The molecule has 0 radical (unpaired) electrons. The van der Waals surface area contributed by atoms with E-state index < -0.39 is 0 Å². The van der Waals surface area contributed by atoms with E-state index in [-0.39, 0.29) is 35.8 Å². The molecule has 14 nitrogen and oxygen atoms in total. The molecule has 280 valence electrons. The number of likely N-dealkylation sites (N-methyl/N-ethyl adjacent to an activating group) is 2. The summed E-state index contributed by atoms with van der Waals surface area (Å²) in [6.45, 7) is 4.63. The van der Waals surface area contributed by atoms with Crippen LogP contribution < -0.4 is 38.1 Å². The number of carbonyl (C=O) groups is 3. The minimum Gasteiger partial charge on any atom is -0.384 e. The van der Waals surface area contributed by atoms with Crippen LogP contribution in [0.1, 0.15) is 58.3 Å². The predicted octanol–water partition coefficient (Wildman–Crippen LogP) is 2.04. The first-order valence-electron chi connectivity index (χ1n) is 17.5. The maximum atomic E-state index is 12.1. The van der Waals surface area contributed by atoms with Crippen LogP contribution in [-0.4, -0.2) is 117 Å². The van der Waals surface area contributed by atoms with Gasteiger partial charge < -0.3 is 38.1 Å². The molecule has 15 heteroatoms. The number of aromatic nitrogens is 2. The summed E-state index contributed by atoms with van der Waals surface area (Å²) in [6, 6.07) is 7.93. The Balaban J connectivity index is 0.000000225. The Bertz CT molecular complexity index is 1260. The molecule has 1 aliphatic carbocycles. The summed E-state index contributed by atoms with van der Waals surface area (Å²) in [6.07, 6.45) is 13.1. The molecule has 50 heavy (non-hydrogen) atoms. The van der Waals surface area contributed by atoms with Crippen LogP contribution >= 0.6 is 22.6 Å². The molecule has 3 saturated heterocycles. The standard InChI is InChI=1S/C11H16N4O.C9H19N.C6H12N2O.C5H5IN2.C4H8N2O/c1-14(2)9-5-6-15(11(9)16)8-3-4-10(12)13-7-8;1-3-8-6-4-5-7-9(8)10-2;1-8(2)5-3-4-7-6(5)9;6-4-1-2-5(7)8-3-4;5-3-1-2-6-4(3)7/h3-4,7,9H,5-6H2,1-2H3,(H2,12,13);8-10H,3-7H2,1-2H3;5H,3-4H2,1-2H3,(H,7,9);1-3H,(H2,7,8);3H,1-2,5H2,(H,6,7)/t;8-,9-;;;/m.1.../s1. The number of carbonyl (C=O) groups excluding carboxylic acids is 3. The van der Waals surface area contributed by atoms with Crippen LogP contribution in [0.5, 0.6) is 0 Å². The van der Waals surface area contributed by atoms with Gasteiger partial charge in [-0.3, -0.25) is 24.2 Å². The van der Waals surface area contributed by atoms with Gasteiger partial charge in [-0.25, -0.2) is 9.97 Å². The highest BCUT2D eigenvalue weighted by Gasteiger charge is 2.34. The zero-order valence-electron chi connectivity index (χ0n) is 30.7. The molecule has 0 bridgehead atoms. The van der Waals surface area contributed by atoms with Gasteiger partial charge >= 0.3 is 0 Å². The highest BCUT2D eigenvalue weighted by Crippen LogP contribution is 2.26. The fourth-order valence-corrected chi connectivity index (χ4v) is 6.43. The van der Waals surface area contributed by atoms with Crippen molar-refractivity contribution in [3.63, 3.8) is 0 Å². The quantitative estimate of drug-likeness (QED) is 0.242. The fourth-order valence-electron chi connectivity index (χ4n) is 6.11. The highest BCUT2D eigenvalue weighted by molar-refractivity contribution is 14.1. The topological polar surface area (TPSA) is 201 Å². The second kappa shape index (κ2) is 22.6. The molecule has 3 aliphatic heterocycles.